The number of ether oxygens (including phenoxy) is 1. The maximum Gasteiger partial charge on any atom is 0.174 e. The minimum Gasteiger partial charge on any atom is -0.456 e. The van der Waals surface area contributed by atoms with E-state index in [0.717, 1.165) is 45.6 Å². The van der Waals surface area contributed by atoms with Crippen molar-refractivity contribution in [1.82, 2.24) is 0 Å². The van der Waals surface area contributed by atoms with Gasteiger partial charge in [-0.1, -0.05) is 127 Å². The van der Waals surface area contributed by atoms with Gasteiger partial charge in [0.05, 0.1) is 10.7 Å². The number of hydrogen-bond acceptors (Lipinski definition) is 2. The van der Waals surface area contributed by atoms with Crippen LogP contribution in [0.1, 0.15) is 35.1 Å². The van der Waals surface area contributed by atoms with E-state index in [9.17, 15) is 0 Å². The fraction of sp³-hybridized carbons (Fsp3) is 0.0811. The molecule has 0 fully saturated rings. The fourth-order valence-corrected chi connectivity index (χ4v) is 9.91. The third-order valence-electron chi connectivity index (χ3n) is 8.65. The van der Waals surface area contributed by atoms with Gasteiger partial charge in [0.1, 0.15) is 11.5 Å². The van der Waals surface area contributed by atoms with Gasteiger partial charge in [-0.05, 0) is 47.2 Å². The van der Waals surface area contributed by atoms with Gasteiger partial charge < -0.3 is 9.30 Å². The third kappa shape index (κ3) is 3.03. The molecule has 0 radical (unpaired) electrons. The van der Waals surface area contributed by atoms with Crippen LogP contribution in [0.25, 0.3) is 11.1 Å². The number of allylic oxidation sites excluding steroid dienone is 4. The summed E-state index contributed by atoms with van der Waals surface area (Å²) in [6, 6.07) is 42.0. The normalized spacial score (nSPS) is 17.1. The molecule has 0 aromatic heterocycles. The Hall–Kier alpha value is -4.39. The molecule has 5 aromatic rings. The Balaban J connectivity index is 1.51. The van der Waals surface area contributed by atoms with Gasteiger partial charge in [0, 0.05) is 21.7 Å². The molecule has 1 heterocycles. The van der Waals surface area contributed by atoms with E-state index in [-0.39, 0.29) is 0 Å². The van der Waals surface area contributed by atoms with E-state index >= 15 is 4.57 Å². The van der Waals surface area contributed by atoms with Gasteiger partial charge in [-0.2, -0.15) is 0 Å². The zero-order valence-electron chi connectivity index (χ0n) is 22.0. The second-order valence-corrected chi connectivity index (χ2v) is 13.4. The minimum atomic E-state index is -3.25. The summed E-state index contributed by atoms with van der Waals surface area (Å²) in [6.45, 7) is 0. The topological polar surface area (TPSA) is 26.3 Å². The van der Waals surface area contributed by atoms with Gasteiger partial charge in [0.2, 0.25) is 0 Å². The SMILES string of the molecule is O=P(C1=CCCC=C1)(c1ccccc1)c1cccc2c1Oc1ccccc1C21c2ccccc2-c2ccccc21. The summed E-state index contributed by atoms with van der Waals surface area (Å²) in [6.07, 6.45) is 8.20. The molecule has 0 amide bonds. The number of para-hydroxylation sites is 2. The highest BCUT2D eigenvalue weighted by molar-refractivity contribution is 7.82. The van der Waals surface area contributed by atoms with Crippen LogP contribution < -0.4 is 15.3 Å². The van der Waals surface area contributed by atoms with Crippen molar-refractivity contribution in [2.75, 3.05) is 0 Å². The van der Waals surface area contributed by atoms with Crippen molar-refractivity contribution in [3.05, 3.63) is 167 Å². The summed E-state index contributed by atoms with van der Waals surface area (Å²) in [5.41, 5.74) is 6.51. The minimum absolute atomic E-state index is 0.578. The van der Waals surface area contributed by atoms with Gasteiger partial charge in [-0.25, -0.2) is 0 Å². The van der Waals surface area contributed by atoms with Crippen LogP contribution in [0.3, 0.4) is 0 Å². The quantitative estimate of drug-likeness (QED) is 0.212. The van der Waals surface area contributed by atoms with E-state index in [1.165, 1.54) is 22.3 Å². The summed E-state index contributed by atoms with van der Waals surface area (Å²) in [5.74, 6) is 1.52. The van der Waals surface area contributed by atoms with E-state index in [0.29, 0.717) is 5.75 Å². The summed E-state index contributed by atoms with van der Waals surface area (Å²) in [7, 11) is -3.25. The lowest BCUT2D eigenvalue weighted by molar-refractivity contribution is 0.439. The van der Waals surface area contributed by atoms with Crippen molar-refractivity contribution in [3.8, 4) is 22.6 Å². The lowest BCUT2D eigenvalue weighted by atomic mass is 9.66. The summed E-state index contributed by atoms with van der Waals surface area (Å²) in [5, 5.41) is 2.46. The first-order valence-corrected chi connectivity index (χ1v) is 15.6. The van der Waals surface area contributed by atoms with Gasteiger partial charge in [-0.15, -0.1) is 0 Å². The zero-order valence-corrected chi connectivity index (χ0v) is 22.9. The molecular weight excluding hydrogens is 507 g/mol. The highest BCUT2D eigenvalue weighted by atomic mass is 31.2. The predicted octanol–water partition coefficient (Wildman–Crippen LogP) is 8.70. The average molecular weight is 535 g/mol. The Labute approximate surface area is 234 Å². The Morgan fingerprint density at radius 3 is 1.93 bits per heavy atom. The predicted molar refractivity (Wildman–Crippen MR) is 164 cm³/mol. The van der Waals surface area contributed by atoms with Crippen molar-refractivity contribution in [2.45, 2.75) is 18.3 Å². The maximum atomic E-state index is 15.7. The van der Waals surface area contributed by atoms with Crippen molar-refractivity contribution in [1.29, 1.82) is 0 Å². The molecule has 2 aliphatic carbocycles. The Kier molecular flexibility index (Phi) is 5.18. The molecule has 3 aliphatic rings. The molecule has 2 nitrogen and oxygen atoms in total. The Bertz CT molecular complexity index is 1870. The number of hydrogen-bond donors (Lipinski definition) is 0. The Morgan fingerprint density at radius 1 is 0.600 bits per heavy atom. The zero-order chi connectivity index (χ0) is 26.7. The number of benzene rings is 5. The molecule has 1 aliphatic heterocycles. The average Bonchev–Trinajstić information content (AvgIpc) is 3.32. The standard InChI is InChI=1S/C37H27O2P/c38-40(26-14-3-1-4-15-26,27-16-5-2-6-17-27)35-25-13-23-33-36(35)39-34-24-12-11-22-32(34)37(33)30-20-9-7-18-28(30)29-19-8-10-21-31(29)37/h1,3-5,7-25H,2,6H2. The first-order chi connectivity index (χ1) is 19.7. The molecule has 8 rings (SSSR count). The van der Waals surface area contributed by atoms with Crippen molar-refractivity contribution in [2.24, 2.45) is 0 Å². The number of fused-ring (bicyclic) bond motifs is 9. The summed E-state index contributed by atoms with van der Waals surface area (Å²) < 4.78 is 22.5. The van der Waals surface area contributed by atoms with Crippen LogP contribution in [0.2, 0.25) is 0 Å². The lowest BCUT2D eigenvalue weighted by Crippen LogP contribution is -2.34. The molecule has 1 unspecified atom stereocenters. The van der Waals surface area contributed by atoms with Crippen LogP contribution >= 0.6 is 7.14 Å². The van der Waals surface area contributed by atoms with E-state index < -0.39 is 12.6 Å². The van der Waals surface area contributed by atoms with Crippen molar-refractivity contribution in [3.63, 3.8) is 0 Å². The molecule has 192 valence electrons. The molecule has 0 saturated heterocycles. The van der Waals surface area contributed by atoms with Crippen molar-refractivity contribution >= 4 is 17.8 Å². The molecule has 0 N–H and O–H groups in total. The van der Waals surface area contributed by atoms with Gasteiger partial charge in [0.15, 0.2) is 7.14 Å². The van der Waals surface area contributed by atoms with Crippen LogP contribution in [0.5, 0.6) is 11.5 Å². The second kappa shape index (κ2) is 8.81. The number of rotatable bonds is 3. The molecule has 0 saturated carbocycles. The smallest absolute Gasteiger partial charge is 0.174 e. The molecular formula is C37H27O2P. The van der Waals surface area contributed by atoms with Gasteiger partial charge in [0.25, 0.3) is 0 Å². The van der Waals surface area contributed by atoms with Crippen LogP contribution in [0.4, 0.5) is 0 Å². The van der Waals surface area contributed by atoms with Gasteiger partial charge in [-0.3, -0.25) is 0 Å². The maximum absolute atomic E-state index is 15.7. The molecule has 0 bridgehead atoms. The summed E-state index contributed by atoms with van der Waals surface area (Å²) in [4.78, 5) is 0. The van der Waals surface area contributed by atoms with Crippen LogP contribution in [0.15, 0.2) is 145 Å². The third-order valence-corrected chi connectivity index (χ3v) is 11.8. The highest BCUT2D eigenvalue weighted by Crippen LogP contribution is 2.64. The van der Waals surface area contributed by atoms with E-state index in [1.807, 2.05) is 48.5 Å². The van der Waals surface area contributed by atoms with Crippen LogP contribution in [0, 0.1) is 0 Å². The van der Waals surface area contributed by atoms with Crippen molar-refractivity contribution < 1.29 is 9.30 Å². The fourth-order valence-electron chi connectivity index (χ4n) is 7.01. The largest absolute Gasteiger partial charge is 0.456 e. The first kappa shape index (κ1) is 23.5. The highest BCUT2D eigenvalue weighted by Gasteiger charge is 2.52. The monoisotopic (exact) mass is 534 g/mol. The second-order valence-electron chi connectivity index (χ2n) is 10.6. The van der Waals surface area contributed by atoms with Gasteiger partial charge >= 0.3 is 0 Å². The lowest BCUT2D eigenvalue weighted by Gasteiger charge is -2.40. The van der Waals surface area contributed by atoms with Crippen LogP contribution in [-0.2, 0) is 9.98 Å². The van der Waals surface area contributed by atoms with E-state index in [2.05, 4.69) is 91.0 Å². The molecule has 40 heavy (non-hydrogen) atoms. The van der Waals surface area contributed by atoms with E-state index in [4.69, 9.17) is 4.74 Å². The molecule has 3 heteroatoms. The van der Waals surface area contributed by atoms with Crippen LogP contribution in [-0.4, -0.2) is 0 Å². The first-order valence-electron chi connectivity index (χ1n) is 13.9. The molecule has 1 atom stereocenters. The molecule has 1 spiro atoms. The summed E-state index contributed by atoms with van der Waals surface area (Å²) >= 11 is 0. The molecule has 5 aromatic carbocycles. The van der Waals surface area contributed by atoms with E-state index in [1.54, 1.807) is 0 Å². The Morgan fingerprint density at radius 2 is 1.23 bits per heavy atom.